The molecule has 3 aliphatic heterocycles. The zero-order valence-electron chi connectivity index (χ0n) is 24.2. The van der Waals surface area contributed by atoms with Crippen molar-refractivity contribution < 1.29 is 27.5 Å². The molecule has 1 N–H and O–H groups in total. The van der Waals surface area contributed by atoms with Crippen LogP contribution in [0, 0.1) is 11.8 Å². The summed E-state index contributed by atoms with van der Waals surface area (Å²) in [6.45, 7) is 1.78. The zero-order valence-corrected chi connectivity index (χ0v) is 25.0. The SMILES string of the molecule is COc1cc2cc(c1OC)CCCNC(=O)CCC[C@H]1[C@H]3C[C@H](CN1C(=O)CC2)CN(S(=O)(=O)c1cn(C)cn1)C3. The molecule has 2 amide bonds. The highest BCUT2D eigenvalue weighted by Gasteiger charge is 2.45. The lowest BCUT2D eigenvalue weighted by Crippen LogP contribution is -2.60. The molecule has 4 heterocycles. The number of carbonyl (C=O) groups is 2. The summed E-state index contributed by atoms with van der Waals surface area (Å²) in [5.41, 5.74) is 2.00. The Morgan fingerprint density at radius 2 is 1.83 bits per heavy atom. The van der Waals surface area contributed by atoms with Gasteiger partial charge >= 0.3 is 0 Å². The molecule has 41 heavy (non-hydrogen) atoms. The summed E-state index contributed by atoms with van der Waals surface area (Å²) in [5.74, 6) is 1.43. The second kappa shape index (κ2) is 12.4. The lowest BCUT2D eigenvalue weighted by atomic mass is 9.78. The Balaban J connectivity index is 1.39. The molecule has 2 aromatic rings. The number of carbonyl (C=O) groups excluding carboxylic acids is 2. The van der Waals surface area contributed by atoms with Gasteiger partial charge in [0.15, 0.2) is 16.5 Å². The number of amides is 2. The summed E-state index contributed by atoms with van der Waals surface area (Å²) in [4.78, 5) is 32.5. The van der Waals surface area contributed by atoms with Crippen molar-refractivity contribution in [2.45, 2.75) is 62.4 Å². The minimum Gasteiger partial charge on any atom is -0.493 e. The van der Waals surface area contributed by atoms with E-state index in [2.05, 4.69) is 16.4 Å². The Bertz CT molecular complexity index is 1380. The van der Waals surface area contributed by atoms with E-state index in [-0.39, 0.29) is 34.7 Å². The van der Waals surface area contributed by atoms with Gasteiger partial charge in [0.1, 0.15) is 0 Å². The number of methoxy groups -OCH3 is 2. The molecule has 1 aromatic carbocycles. The van der Waals surface area contributed by atoms with E-state index in [1.807, 2.05) is 11.0 Å². The van der Waals surface area contributed by atoms with E-state index in [1.54, 1.807) is 30.1 Å². The number of hydrogen-bond donors (Lipinski definition) is 1. The first kappa shape index (κ1) is 29.4. The fraction of sp³-hybridized carbons (Fsp3) is 0.621. The summed E-state index contributed by atoms with van der Waals surface area (Å²) in [7, 11) is 1.25. The monoisotopic (exact) mass is 587 g/mol. The quantitative estimate of drug-likeness (QED) is 0.582. The van der Waals surface area contributed by atoms with Gasteiger partial charge in [-0.1, -0.05) is 6.07 Å². The summed E-state index contributed by atoms with van der Waals surface area (Å²) in [6.07, 6.45) is 7.96. The van der Waals surface area contributed by atoms with Crippen LogP contribution in [-0.2, 0) is 39.5 Å². The van der Waals surface area contributed by atoms with Crippen molar-refractivity contribution in [2.75, 3.05) is 40.4 Å². The smallest absolute Gasteiger partial charge is 0.262 e. The number of ether oxygens (including phenoxy) is 2. The van der Waals surface area contributed by atoms with Crippen LogP contribution in [0.2, 0.25) is 0 Å². The van der Waals surface area contributed by atoms with E-state index >= 15 is 0 Å². The van der Waals surface area contributed by atoms with Crippen LogP contribution < -0.4 is 14.8 Å². The standard InChI is InChI=1S/C29H41N5O6S/c1-32-18-27(31-19-32)41(37,38)33-15-21-13-23(17-33)24-7-4-8-26(35)30-11-5-6-22-12-20(9-10-28(36)34(24)16-21)14-25(39-2)29(22)40-3/h12,14,18-19,21,23-24H,4-11,13,15-17H2,1-3H3,(H,30,35)/t21-,23-,24-/m0/s1. The van der Waals surface area contributed by atoms with Crippen molar-refractivity contribution >= 4 is 21.8 Å². The number of sulfonamides is 1. The highest BCUT2D eigenvalue weighted by molar-refractivity contribution is 7.89. The van der Waals surface area contributed by atoms with Gasteiger partial charge in [-0.25, -0.2) is 13.4 Å². The van der Waals surface area contributed by atoms with Crippen molar-refractivity contribution in [3.63, 3.8) is 0 Å². The van der Waals surface area contributed by atoms with E-state index in [0.717, 1.165) is 30.4 Å². The largest absolute Gasteiger partial charge is 0.493 e. The second-order valence-electron chi connectivity index (χ2n) is 11.5. The summed E-state index contributed by atoms with van der Waals surface area (Å²) < 4.78 is 41.2. The molecule has 3 atom stereocenters. The van der Waals surface area contributed by atoms with E-state index in [4.69, 9.17) is 9.47 Å². The minimum atomic E-state index is -3.73. The first-order valence-corrected chi connectivity index (χ1v) is 15.9. The van der Waals surface area contributed by atoms with Crippen LogP contribution >= 0.6 is 0 Å². The first-order valence-electron chi connectivity index (χ1n) is 14.5. The molecule has 5 rings (SSSR count). The number of benzene rings is 1. The molecule has 0 radical (unpaired) electrons. The zero-order chi connectivity index (χ0) is 29.1. The molecule has 0 saturated carbocycles. The van der Waals surface area contributed by atoms with Crippen LogP contribution in [0.15, 0.2) is 29.7 Å². The number of piperidine rings is 2. The maximum atomic E-state index is 13.8. The third kappa shape index (κ3) is 6.38. The maximum absolute atomic E-state index is 13.8. The third-order valence-electron chi connectivity index (χ3n) is 8.63. The second-order valence-corrected chi connectivity index (χ2v) is 13.4. The molecule has 12 heteroatoms. The lowest BCUT2D eigenvalue weighted by Gasteiger charge is -2.50. The van der Waals surface area contributed by atoms with Crippen molar-refractivity contribution in [1.82, 2.24) is 24.1 Å². The van der Waals surface area contributed by atoms with Crippen LogP contribution in [0.1, 0.15) is 49.7 Å². The predicted octanol–water partition coefficient (Wildman–Crippen LogP) is 2.14. The van der Waals surface area contributed by atoms with Crippen molar-refractivity contribution in [2.24, 2.45) is 18.9 Å². The van der Waals surface area contributed by atoms with Crippen LogP contribution in [-0.4, -0.2) is 85.4 Å². The molecule has 4 bridgehead atoms. The molecular weight excluding hydrogens is 546 g/mol. The Morgan fingerprint density at radius 1 is 1.00 bits per heavy atom. The van der Waals surface area contributed by atoms with Crippen LogP contribution in [0.25, 0.3) is 0 Å². The summed E-state index contributed by atoms with van der Waals surface area (Å²) >= 11 is 0. The molecule has 2 fully saturated rings. The fourth-order valence-electron chi connectivity index (χ4n) is 6.71. The Morgan fingerprint density at radius 3 is 2.56 bits per heavy atom. The van der Waals surface area contributed by atoms with Gasteiger partial charge in [0.25, 0.3) is 10.0 Å². The summed E-state index contributed by atoms with van der Waals surface area (Å²) in [6, 6.07) is 3.89. The fourth-order valence-corrected chi connectivity index (χ4v) is 8.25. The predicted molar refractivity (Wildman–Crippen MR) is 152 cm³/mol. The summed E-state index contributed by atoms with van der Waals surface area (Å²) in [5, 5.41) is 3.07. The molecular formula is C29H41N5O6S. The highest BCUT2D eigenvalue weighted by Crippen LogP contribution is 2.38. The number of aromatic nitrogens is 2. The molecule has 2 saturated heterocycles. The van der Waals surface area contributed by atoms with Gasteiger partial charge in [-0.2, -0.15) is 4.31 Å². The van der Waals surface area contributed by atoms with E-state index in [9.17, 15) is 18.0 Å². The van der Waals surface area contributed by atoms with Crippen molar-refractivity contribution in [1.29, 1.82) is 0 Å². The molecule has 0 spiro atoms. The van der Waals surface area contributed by atoms with Gasteiger partial charge in [-0.05, 0) is 67.6 Å². The third-order valence-corrected chi connectivity index (χ3v) is 10.4. The molecule has 224 valence electrons. The van der Waals surface area contributed by atoms with Gasteiger partial charge in [0, 0.05) is 58.3 Å². The molecule has 11 nitrogen and oxygen atoms in total. The van der Waals surface area contributed by atoms with Gasteiger partial charge in [-0.3, -0.25) is 9.59 Å². The maximum Gasteiger partial charge on any atom is 0.262 e. The number of nitrogens with zero attached hydrogens (tertiary/aromatic N) is 4. The average Bonchev–Trinajstić information content (AvgIpc) is 3.41. The number of rotatable bonds is 4. The van der Waals surface area contributed by atoms with E-state index in [1.165, 1.54) is 12.5 Å². The van der Waals surface area contributed by atoms with Crippen LogP contribution in [0.3, 0.4) is 0 Å². The van der Waals surface area contributed by atoms with Gasteiger partial charge in [0.05, 0.1) is 20.5 Å². The topological polar surface area (TPSA) is 123 Å². The minimum absolute atomic E-state index is 0.000403. The molecule has 1 aromatic heterocycles. The Kier molecular flexibility index (Phi) is 8.88. The highest BCUT2D eigenvalue weighted by atomic mass is 32.2. The molecule has 0 aliphatic carbocycles. The molecule has 3 aliphatic rings. The Labute approximate surface area is 242 Å². The van der Waals surface area contributed by atoms with Crippen LogP contribution in [0.4, 0.5) is 0 Å². The number of imidazole rings is 1. The average molecular weight is 588 g/mol. The van der Waals surface area contributed by atoms with E-state index < -0.39 is 10.0 Å². The normalized spacial score (nSPS) is 24.9. The Hall–Kier alpha value is -3.12. The molecule has 0 unspecified atom stereocenters. The number of hydrogen-bond acceptors (Lipinski definition) is 7. The lowest BCUT2D eigenvalue weighted by molar-refractivity contribution is -0.140. The van der Waals surface area contributed by atoms with Gasteiger partial charge < -0.3 is 24.3 Å². The van der Waals surface area contributed by atoms with Gasteiger partial charge in [-0.15, -0.1) is 0 Å². The number of nitrogens with one attached hydrogen (secondary N) is 1. The van der Waals surface area contributed by atoms with Gasteiger partial charge in [0.2, 0.25) is 11.8 Å². The van der Waals surface area contributed by atoms with E-state index in [0.29, 0.717) is 69.8 Å². The van der Waals surface area contributed by atoms with Crippen LogP contribution in [0.5, 0.6) is 11.5 Å². The number of aryl methyl sites for hydroxylation is 3. The first-order chi connectivity index (χ1) is 19.7. The van der Waals surface area contributed by atoms with Crippen molar-refractivity contribution in [3.8, 4) is 11.5 Å². The van der Waals surface area contributed by atoms with Crippen molar-refractivity contribution in [3.05, 3.63) is 35.8 Å². The number of fused-ring (bicyclic) bond motifs is 6.